The number of benzene rings is 1. The molecular weight excluding hydrogens is 173 g/mol. The van der Waals surface area contributed by atoms with Gasteiger partial charge in [-0.2, -0.15) is 0 Å². The van der Waals surface area contributed by atoms with Crippen LogP contribution in [0, 0.1) is 13.8 Å². The highest BCUT2D eigenvalue weighted by Crippen LogP contribution is 1.98. The van der Waals surface area contributed by atoms with E-state index >= 15 is 0 Å². The smallest absolute Gasteiger partial charge is 0.308 e. The summed E-state index contributed by atoms with van der Waals surface area (Å²) in [5.41, 5.74) is 9.24. The predicted octanol–water partition coefficient (Wildman–Crippen LogP) is 0.646. The second kappa shape index (κ2) is 5.84. The van der Waals surface area contributed by atoms with Crippen LogP contribution in [0.15, 0.2) is 18.2 Å². The molecule has 0 saturated carbocycles. The molecule has 3 heteroatoms. The van der Waals surface area contributed by atoms with Gasteiger partial charge in [0.1, 0.15) is 0 Å². The van der Waals surface area contributed by atoms with Crippen LogP contribution in [0.3, 0.4) is 0 Å². The molecule has 14 heavy (non-hydrogen) atoms. The summed E-state index contributed by atoms with van der Waals surface area (Å²) < 4.78 is 5.52. The van der Waals surface area contributed by atoms with E-state index in [1.165, 1.54) is 16.6 Å². The van der Waals surface area contributed by atoms with E-state index in [4.69, 9.17) is 10.4 Å². The third-order valence-corrected chi connectivity index (χ3v) is 2.25. The molecule has 0 saturated heterocycles. The van der Waals surface area contributed by atoms with Crippen LogP contribution in [0.5, 0.6) is 0 Å². The standard InChI is InChI=1S/C11H18BNO/c1-9-4-5-10(2)11(8-9)12-14-7-3-6-13/h4-5,8,12H,3,6-7,13H2,1-2H3. The minimum absolute atomic E-state index is 0.701. The Kier molecular flexibility index (Phi) is 4.70. The molecule has 0 spiro atoms. The number of hydrogen-bond donors (Lipinski definition) is 1. The number of hydrogen-bond acceptors (Lipinski definition) is 2. The van der Waals surface area contributed by atoms with Crippen LogP contribution in [0.25, 0.3) is 0 Å². The van der Waals surface area contributed by atoms with Crippen molar-refractivity contribution >= 4 is 12.9 Å². The van der Waals surface area contributed by atoms with Crippen LogP contribution in [0.1, 0.15) is 17.5 Å². The van der Waals surface area contributed by atoms with E-state index in [1.54, 1.807) is 0 Å². The first-order valence-corrected chi connectivity index (χ1v) is 5.08. The summed E-state index contributed by atoms with van der Waals surface area (Å²) in [7, 11) is 0.702. The Morgan fingerprint density at radius 3 is 2.86 bits per heavy atom. The lowest BCUT2D eigenvalue weighted by atomic mass is 9.83. The summed E-state index contributed by atoms with van der Waals surface area (Å²) in [6.45, 7) is 5.67. The molecule has 1 aromatic rings. The highest BCUT2D eigenvalue weighted by molar-refractivity contribution is 6.47. The molecule has 0 heterocycles. The van der Waals surface area contributed by atoms with E-state index in [0.717, 1.165) is 13.0 Å². The number of rotatable bonds is 5. The Labute approximate surface area is 86.7 Å². The van der Waals surface area contributed by atoms with Gasteiger partial charge in [0.25, 0.3) is 0 Å². The van der Waals surface area contributed by atoms with E-state index < -0.39 is 0 Å². The summed E-state index contributed by atoms with van der Waals surface area (Å²) in [6, 6.07) is 6.44. The lowest BCUT2D eigenvalue weighted by Gasteiger charge is -2.06. The summed E-state index contributed by atoms with van der Waals surface area (Å²) in [5.74, 6) is 0. The lowest BCUT2D eigenvalue weighted by Crippen LogP contribution is -2.22. The van der Waals surface area contributed by atoms with Crippen LogP contribution < -0.4 is 11.2 Å². The molecule has 0 amide bonds. The highest BCUT2D eigenvalue weighted by atomic mass is 16.4. The van der Waals surface area contributed by atoms with E-state index in [9.17, 15) is 0 Å². The van der Waals surface area contributed by atoms with Gasteiger partial charge < -0.3 is 10.4 Å². The average Bonchev–Trinajstić information content (AvgIpc) is 2.18. The minimum atomic E-state index is 0.701. The average molecular weight is 191 g/mol. The van der Waals surface area contributed by atoms with Crippen molar-refractivity contribution in [2.75, 3.05) is 13.2 Å². The third-order valence-electron chi connectivity index (χ3n) is 2.25. The van der Waals surface area contributed by atoms with Gasteiger partial charge in [-0.25, -0.2) is 0 Å². The first-order valence-electron chi connectivity index (χ1n) is 5.08. The Morgan fingerprint density at radius 2 is 2.14 bits per heavy atom. The molecular formula is C11H18BNO. The molecule has 0 aromatic heterocycles. The van der Waals surface area contributed by atoms with Gasteiger partial charge in [0.05, 0.1) is 0 Å². The summed E-state index contributed by atoms with van der Waals surface area (Å²) >= 11 is 0. The van der Waals surface area contributed by atoms with Gasteiger partial charge in [-0.3, -0.25) is 0 Å². The van der Waals surface area contributed by atoms with Crippen molar-refractivity contribution < 1.29 is 4.65 Å². The van der Waals surface area contributed by atoms with Crippen molar-refractivity contribution in [1.82, 2.24) is 0 Å². The van der Waals surface area contributed by atoms with E-state index in [0.29, 0.717) is 14.0 Å². The molecule has 1 aromatic carbocycles. The van der Waals surface area contributed by atoms with Gasteiger partial charge in [0, 0.05) is 6.61 Å². The summed E-state index contributed by atoms with van der Waals surface area (Å²) in [4.78, 5) is 0. The second-order valence-electron chi connectivity index (χ2n) is 3.62. The van der Waals surface area contributed by atoms with Crippen molar-refractivity contribution in [3.05, 3.63) is 29.3 Å². The largest absolute Gasteiger partial charge is 0.434 e. The van der Waals surface area contributed by atoms with Gasteiger partial charge in [-0.15, -0.1) is 0 Å². The topological polar surface area (TPSA) is 35.2 Å². The van der Waals surface area contributed by atoms with Crippen LogP contribution in [-0.2, 0) is 4.65 Å². The molecule has 0 radical (unpaired) electrons. The Balaban J connectivity index is 2.45. The first-order chi connectivity index (χ1) is 6.74. The zero-order valence-corrected chi connectivity index (χ0v) is 9.05. The zero-order valence-electron chi connectivity index (χ0n) is 9.05. The van der Waals surface area contributed by atoms with Gasteiger partial charge in [-0.05, 0) is 32.3 Å². The monoisotopic (exact) mass is 191 g/mol. The van der Waals surface area contributed by atoms with Crippen molar-refractivity contribution in [3.8, 4) is 0 Å². The first kappa shape index (κ1) is 11.3. The van der Waals surface area contributed by atoms with Gasteiger partial charge >= 0.3 is 7.48 Å². The zero-order chi connectivity index (χ0) is 10.4. The predicted molar refractivity (Wildman–Crippen MR) is 62.3 cm³/mol. The molecule has 0 unspecified atom stereocenters. The lowest BCUT2D eigenvalue weighted by molar-refractivity contribution is 0.336. The molecule has 0 bridgehead atoms. The maximum atomic E-state index is 5.52. The molecule has 0 aliphatic carbocycles. The SMILES string of the molecule is Cc1ccc(C)c(BOCCCN)c1. The van der Waals surface area contributed by atoms with Gasteiger partial charge in [-0.1, -0.05) is 29.3 Å². The fourth-order valence-corrected chi connectivity index (χ4v) is 1.32. The second-order valence-corrected chi connectivity index (χ2v) is 3.62. The summed E-state index contributed by atoms with van der Waals surface area (Å²) in [5, 5.41) is 0. The van der Waals surface area contributed by atoms with E-state index in [2.05, 4.69) is 32.0 Å². The molecule has 1 rings (SSSR count). The quantitative estimate of drug-likeness (QED) is 0.547. The number of aryl methyl sites for hydroxylation is 2. The van der Waals surface area contributed by atoms with Crippen LogP contribution in [0.2, 0.25) is 0 Å². The Hall–Kier alpha value is -0.795. The molecule has 2 N–H and O–H groups in total. The van der Waals surface area contributed by atoms with Crippen LogP contribution in [0.4, 0.5) is 0 Å². The maximum absolute atomic E-state index is 5.52. The molecule has 0 fully saturated rings. The van der Waals surface area contributed by atoms with Gasteiger partial charge in [0.2, 0.25) is 0 Å². The molecule has 0 aliphatic heterocycles. The van der Waals surface area contributed by atoms with Crippen molar-refractivity contribution in [2.45, 2.75) is 20.3 Å². The van der Waals surface area contributed by atoms with Crippen molar-refractivity contribution in [3.63, 3.8) is 0 Å². The number of nitrogens with two attached hydrogens (primary N) is 1. The van der Waals surface area contributed by atoms with Gasteiger partial charge in [0.15, 0.2) is 0 Å². The van der Waals surface area contributed by atoms with E-state index in [-0.39, 0.29) is 0 Å². The van der Waals surface area contributed by atoms with Crippen molar-refractivity contribution in [2.24, 2.45) is 5.73 Å². The highest BCUT2D eigenvalue weighted by Gasteiger charge is 2.00. The normalized spacial score (nSPS) is 10.2. The Morgan fingerprint density at radius 1 is 1.36 bits per heavy atom. The fourth-order valence-electron chi connectivity index (χ4n) is 1.32. The Bertz CT molecular complexity index is 289. The van der Waals surface area contributed by atoms with Crippen molar-refractivity contribution in [1.29, 1.82) is 0 Å². The van der Waals surface area contributed by atoms with E-state index in [1.807, 2.05) is 0 Å². The molecule has 76 valence electrons. The molecule has 2 nitrogen and oxygen atoms in total. The van der Waals surface area contributed by atoms with Crippen LogP contribution in [-0.4, -0.2) is 20.6 Å². The maximum Gasteiger partial charge on any atom is 0.308 e. The summed E-state index contributed by atoms with van der Waals surface area (Å²) in [6.07, 6.45) is 0.935. The third kappa shape index (κ3) is 3.52. The van der Waals surface area contributed by atoms with Crippen LogP contribution >= 0.6 is 0 Å². The molecule has 0 atom stereocenters. The molecule has 0 aliphatic rings. The minimum Gasteiger partial charge on any atom is -0.434 e. The fraction of sp³-hybridized carbons (Fsp3) is 0.455.